The Hall–Kier alpha value is -2.93. The van der Waals surface area contributed by atoms with E-state index in [2.05, 4.69) is 24.1 Å². The van der Waals surface area contributed by atoms with Crippen LogP contribution in [0.15, 0.2) is 57.3 Å². The molecule has 0 fully saturated rings. The van der Waals surface area contributed by atoms with Gasteiger partial charge in [-0.25, -0.2) is 4.98 Å². The van der Waals surface area contributed by atoms with Crippen molar-refractivity contribution in [3.8, 4) is 0 Å². The third-order valence-corrected chi connectivity index (χ3v) is 5.45. The fourth-order valence-electron chi connectivity index (χ4n) is 3.14. The number of benzene rings is 1. The minimum absolute atomic E-state index is 0.0870. The summed E-state index contributed by atoms with van der Waals surface area (Å²) in [4.78, 5) is 30.7. The van der Waals surface area contributed by atoms with Crippen LogP contribution in [0.4, 0.5) is 0 Å². The molecule has 1 atom stereocenters. The van der Waals surface area contributed by atoms with Crippen molar-refractivity contribution in [3.05, 3.63) is 63.3 Å². The minimum Gasteiger partial charge on any atom is -0.448 e. The molecule has 7 heteroatoms. The predicted molar refractivity (Wildman–Crippen MR) is 106 cm³/mol. The van der Waals surface area contributed by atoms with E-state index in [1.807, 2.05) is 35.7 Å². The SMILES string of the molecule is CC(C)C(NC(=O)Cn1cnc2c(oc3ccccc32)c1=O)c1cccs1. The normalized spacial score (nSPS) is 12.7. The molecule has 1 N–H and O–H groups in total. The zero-order valence-corrected chi connectivity index (χ0v) is 15.8. The van der Waals surface area contributed by atoms with Crippen LogP contribution in [-0.2, 0) is 11.3 Å². The molecule has 0 radical (unpaired) electrons. The first-order chi connectivity index (χ1) is 13.0. The van der Waals surface area contributed by atoms with Gasteiger partial charge in [0, 0.05) is 10.3 Å². The van der Waals surface area contributed by atoms with Gasteiger partial charge in [0.1, 0.15) is 17.6 Å². The summed E-state index contributed by atoms with van der Waals surface area (Å²) in [6.07, 6.45) is 1.40. The number of hydrogen-bond acceptors (Lipinski definition) is 5. The number of nitrogens with one attached hydrogen (secondary N) is 1. The Morgan fingerprint density at radius 3 is 2.81 bits per heavy atom. The van der Waals surface area contributed by atoms with E-state index in [0.29, 0.717) is 11.1 Å². The van der Waals surface area contributed by atoms with Crippen LogP contribution in [0.2, 0.25) is 0 Å². The predicted octanol–water partition coefficient (Wildman–Crippen LogP) is 3.72. The molecule has 138 valence electrons. The van der Waals surface area contributed by atoms with E-state index in [1.54, 1.807) is 17.4 Å². The van der Waals surface area contributed by atoms with Crippen molar-refractivity contribution in [2.45, 2.75) is 26.4 Å². The van der Waals surface area contributed by atoms with Crippen LogP contribution in [0.3, 0.4) is 0 Å². The van der Waals surface area contributed by atoms with Gasteiger partial charge < -0.3 is 9.73 Å². The van der Waals surface area contributed by atoms with Gasteiger partial charge in [0.25, 0.3) is 5.56 Å². The van der Waals surface area contributed by atoms with Crippen molar-refractivity contribution in [2.75, 3.05) is 0 Å². The number of aromatic nitrogens is 2. The summed E-state index contributed by atoms with van der Waals surface area (Å²) in [6, 6.07) is 11.2. The molecule has 4 rings (SSSR count). The number of thiophene rings is 1. The van der Waals surface area contributed by atoms with Gasteiger partial charge in [0.05, 0.1) is 12.4 Å². The zero-order valence-electron chi connectivity index (χ0n) is 15.0. The van der Waals surface area contributed by atoms with E-state index in [4.69, 9.17) is 4.42 Å². The van der Waals surface area contributed by atoms with Crippen LogP contribution in [0, 0.1) is 5.92 Å². The largest absolute Gasteiger partial charge is 0.448 e. The van der Waals surface area contributed by atoms with Crippen molar-refractivity contribution in [1.82, 2.24) is 14.9 Å². The fraction of sp³-hybridized carbons (Fsp3) is 0.250. The Balaban J connectivity index is 1.61. The number of para-hydroxylation sites is 1. The highest BCUT2D eigenvalue weighted by Crippen LogP contribution is 2.26. The number of carbonyl (C=O) groups is 1. The smallest absolute Gasteiger partial charge is 0.297 e. The second-order valence-electron chi connectivity index (χ2n) is 6.76. The maximum absolute atomic E-state index is 12.7. The maximum atomic E-state index is 12.7. The quantitative estimate of drug-likeness (QED) is 0.572. The van der Waals surface area contributed by atoms with Gasteiger partial charge in [-0.2, -0.15) is 0 Å². The van der Waals surface area contributed by atoms with Gasteiger partial charge in [0.2, 0.25) is 11.5 Å². The lowest BCUT2D eigenvalue weighted by Gasteiger charge is -2.21. The molecular formula is C20H19N3O3S. The Labute approximate surface area is 159 Å². The molecular weight excluding hydrogens is 362 g/mol. The van der Waals surface area contributed by atoms with Gasteiger partial charge in [0.15, 0.2) is 0 Å². The van der Waals surface area contributed by atoms with Crippen molar-refractivity contribution >= 4 is 39.3 Å². The molecule has 27 heavy (non-hydrogen) atoms. The first-order valence-corrected chi connectivity index (χ1v) is 9.62. The summed E-state index contributed by atoms with van der Waals surface area (Å²) in [5, 5.41) is 5.80. The van der Waals surface area contributed by atoms with Crippen LogP contribution in [-0.4, -0.2) is 15.5 Å². The zero-order chi connectivity index (χ0) is 19.0. The molecule has 0 aliphatic carbocycles. The minimum atomic E-state index is -0.358. The standard InChI is InChI=1S/C20H19N3O3S/c1-12(2)17(15-8-5-9-27-15)22-16(24)10-23-11-21-18-13-6-3-4-7-14(13)26-19(18)20(23)25/h3-9,11-12,17H,10H2,1-2H3,(H,22,24). The first-order valence-electron chi connectivity index (χ1n) is 8.74. The summed E-state index contributed by atoms with van der Waals surface area (Å²) in [5.41, 5.74) is 0.941. The van der Waals surface area contributed by atoms with Crippen LogP contribution < -0.4 is 10.9 Å². The number of furan rings is 1. The number of rotatable bonds is 5. The number of carbonyl (C=O) groups excluding carboxylic acids is 1. The number of fused-ring (bicyclic) bond motifs is 3. The van der Waals surface area contributed by atoms with Gasteiger partial charge in [-0.05, 0) is 29.5 Å². The maximum Gasteiger partial charge on any atom is 0.297 e. The van der Waals surface area contributed by atoms with E-state index >= 15 is 0 Å². The lowest BCUT2D eigenvalue weighted by Crippen LogP contribution is -2.36. The highest BCUT2D eigenvalue weighted by Gasteiger charge is 2.20. The average molecular weight is 381 g/mol. The first kappa shape index (κ1) is 17.5. The number of hydrogen-bond donors (Lipinski definition) is 1. The van der Waals surface area contributed by atoms with Gasteiger partial charge in [-0.3, -0.25) is 14.2 Å². The lowest BCUT2D eigenvalue weighted by molar-refractivity contribution is -0.122. The van der Waals surface area contributed by atoms with Crippen molar-refractivity contribution in [3.63, 3.8) is 0 Å². The second kappa shape index (κ2) is 7.00. The molecule has 1 unspecified atom stereocenters. The molecule has 0 aliphatic heterocycles. The number of amides is 1. The Morgan fingerprint density at radius 1 is 1.26 bits per heavy atom. The van der Waals surface area contributed by atoms with E-state index in [1.165, 1.54) is 10.9 Å². The van der Waals surface area contributed by atoms with Crippen molar-refractivity contribution in [2.24, 2.45) is 5.92 Å². The molecule has 3 heterocycles. The highest BCUT2D eigenvalue weighted by atomic mass is 32.1. The van der Waals surface area contributed by atoms with Crippen molar-refractivity contribution < 1.29 is 9.21 Å². The van der Waals surface area contributed by atoms with E-state index in [-0.39, 0.29) is 35.6 Å². The Kier molecular flexibility index (Phi) is 4.53. The summed E-state index contributed by atoms with van der Waals surface area (Å²) in [6.45, 7) is 4.01. The molecule has 0 aliphatic rings. The number of nitrogens with zero attached hydrogens (tertiary/aromatic N) is 2. The van der Waals surface area contributed by atoms with Crippen LogP contribution in [0.5, 0.6) is 0 Å². The lowest BCUT2D eigenvalue weighted by atomic mass is 10.0. The summed E-state index contributed by atoms with van der Waals surface area (Å²) in [7, 11) is 0. The average Bonchev–Trinajstić information content (AvgIpc) is 3.30. The molecule has 0 saturated carbocycles. The Morgan fingerprint density at radius 2 is 2.07 bits per heavy atom. The fourth-order valence-corrected chi connectivity index (χ4v) is 4.09. The molecule has 3 aromatic heterocycles. The summed E-state index contributed by atoms with van der Waals surface area (Å²) < 4.78 is 6.94. The molecule has 1 aromatic carbocycles. The van der Waals surface area contributed by atoms with Gasteiger partial charge in [-0.15, -0.1) is 11.3 Å². The highest BCUT2D eigenvalue weighted by molar-refractivity contribution is 7.10. The topological polar surface area (TPSA) is 77.1 Å². The Bertz CT molecular complexity index is 1160. The monoisotopic (exact) mass is 381 g/mol. The van der Waals surface area contributed by atoms with E-state index in [0.717, 1.165) is 10.3 Å². The molecule has 6 nitrogen and oxygen atoms in total. The van der Waals surface area contributed by atoms with Gasteiger partial charge in [-0.1, -0.05) is 32.0 Å². The second-order valence-corrected chi connectivity index (χ2v) is 7.74. The van der Waals surface area contributed by atoms with E-state index < -0.39 is 0 Å². The third kappa shape index (κ3) is 3.26. The van der Waals surface area contributed by atoms with Crippen LogP contribution >= 0.6 is 11.3 Å². The van der Waals surface area contributed by atoms with Gasteiger partial charge >= 0.3 is 0 Å². The van der Waals surface area contributed by atoms with E-state index in [9.17, 15) is 9.59 Å². The van der Waals surface area contributed by atoms with Crippen molar-refractivity contribution in [1.29, 1.82) is 0 Å². The van der Waals surface area contributed by atoms with Crippen LogP contribution in [0.25, 0.3) is 22.1 Å². The summed E-state index contributed by atoms with van der Waals surface area (Å²) >= 11 is 1.60. The molecule has 1 amide bonds. The molecule has 4 aromatic rings. The molecule has 0 saturated heterocycles. The summed E-state index contributed by atoms with van der Waals surface area (Å²) in [5.74, 6) is 0.00163. The molecule has 0 spiro atoms. The third-order valence-electron chi connectivity index (χ3n) is 4.50. The molecule has 0 bridgehead atoms. The van der Waals surface area contributed by atoms with Crippen LogP contribution in [0.1, 0.15) is 24.8 Å².